The highest BCUT2D eigenvalue weighted by atomic mass is 79.9. The number of aromatic nitrogens is 2. The van der Waals surface area contributed by atoms with Crippen LogP contribution >= 0.6 is 15.9 Å². The molecule has 0 spiro atoms. The molecule has 0 aliphatic rings. The van der Waals surface area contributed by atoms with Crippen molar-refractivity contribution in [2.75, 3.05) is 10.6 Å². The van der Waals surface area contributed by atoms with Crippen LogP contribution in [0.4, 0.5) is 17.5 Å². The molecule has 122 valence electrons. The SMILES string of the molecule is Cc1ccc(CNc2cc(C)nc(Nc3ccccc3Br)n2)cc1. The van der Waals surface area contributed by atoms with Gasteiger partial charge in [-0.25, -0.2) is 4.98 Å². The molecule has 3 rings (SSSR count). The highest BCUT2D eigenvalue weighted by Crippen LogP contribution is 2.24. The van der Waals surface area contributed by atoms with Crippen LogP contribution in [0.2, 0.25) is 0 Å². The Bertz CT molecular complexity index is 831. The Hall–Kier alpha value is -2.40. The van der Waals surface area contributed by atoms with E-state index in [1.165, 1.54) is 11.1 Å². The van der Waals surface area contributed by atoms with Crippen LogP contribution in [0.3, 0.4) is 0 Å². The number of benzene rings is 2. The zero-order chi connectivity index (χ0) is 16.9. The number of nitrogens with zero attached hydrogens (tertiary/aromatic N) is 2. The summed E-state index contributed by atoms with van der Waals surface area (Å²) < 4.78 is 0.976. The summed E-state index contributed by atoms with van der Waals surface area (Å²) in [7, 11) is 0. The molecular formula is C19H19BrN4. The van der Waals surface area contributed by atoms with Crippen molar-refractivity contribution in [3.63, 3.8) is 0 Å². The summed E-state index contributed by atoms with van der Waals surface area (Å²) in [5, 5.41) is 6.61. The number of nitrogens with one attached hydrogen (secondary N) is 2. The van der Waals surface area contributed by atoms with Crippen LogP contribution in [0.25, 0.3) is 0 Å². The first-order valence-corrected chi connectivity index (χ1v) is 8.56. The quantitative estimate of drug-likeness (QED) is 0.635. The van der Waals surface area contributed by atoms with Crippen LogP contribution in [0.5, 0.6) is 0 Å². The maximum absolute atomic E-state index is 4.55. The van der Waals surface area contributed by atoms with E-state index in [0.717, 1.165) is 28.2 Å². The lowest BCUT2D eigenvalue weighted by molar-refractivity contribution is 1.06. The number of para-hydroxylation sites is 1. The lowest BCUT2D eigenvalue weighted by atomic mass is 10.1. The van der Waals surface area contributed by atoms with Crippen molar-refractivity contribution < 1.29 is 0 Å². The van der Waals surface area contributed by atoms with E-state index in [-0.39, 0.29) is 0 Å². The van der Waals surface area contributed by atoms with Crippen molar-refractivity contribution in [3.05, 3.63) is 75.9 Å². The topological polar surface area (TPSA) is 49.8 Å². The van der Waals surface area contributed by atoms with E-state index in [1.807, 2.05) is 37.3 Å². The molecule has 0 saturated heterocycles. The fourth-order valence-corrected chi connectivity index (χ4v) is 2.68. The number of aryl methyl sites for hydroxylation is 2. The zero-order valence-corrected chi connectivity index (χ0v) is 15.3. The van der Waals surface area contributed by atoms with Gasteiger partial charge in [-0.15, -0.1) is 0 Å². The van der Waals surface area contributed by atoms with Gasteiger partial charge in [0.2, 0.25) is 5.95 Å². The molecule has 1 heterocycles. The monoisotopic (exact) mass is 382 g/mol. The molecule has 0 unspecified atom stereocenters. The van der Waals surface area contributed by atoms with Crippen LogP contribution in [0.1, 0.15) is 16.8 Å². The van der Waals surface area contributed by atoms with Gasteiger partial charge in [-0.05, 0) is 47.5 Å². The van der Waals surface area contributed by atoms with E-state index in [0.29, 0.717) is 5.95 Å². The third kappa shape index (κ3) is 4.32. The van der Waals surface area contributed by atoms with Crippen molar-refractivity contribution in [1.82, 2.24) is 9.97 Å². The van der Waals surface area contributed by atoms with E-state index < -0.39 is 0 Å². The maximum atomic E-state index is 4.55. The summed E-state index contributed by atoms with van der Waals surface area (Å²) in [5.41, 5.74) is 4.33. The van der Waals surface area contributed by atoms with Gasteiger partial charge in [0.15, 0.2) is 0 Å². The molecule has 0 fully saturated rings. The predicted molar refractivity (Wildman–Crippen MR) is 103 cm³/mol. The molecule has 0 radical (unpaired) electrons. The van der Waals surface area contributed by atoms with Crippen LogP contribution in [0, 0.1) is 13.8 Å². The molecule has 0 saturated carbocycles. The van der Waals surface area contributed by atoms with Crippen LogP contribution < -0.4 is 10.6 Å². The lowest BCUT2D eigenvalue weighted by Crippen LogP contribution is -2.05. The Labute approximate surface area is 150 Å². The zero-order valence-electron chi connectivity index (χ0n) is 13.7. The fourth-order valence-electron chi connectivity index (χ4n) is 2.30. The maximum Gasteiger partial charge on any atom is 0.229 e. The molecule has 0 bridgehead atoms. The number of anilines is 3. The van der Waals surface area contributed by atoms with Gasteiger partial charge in [0, 0.05) is 22.8 Å². The number of hydrogen-bond acceptors (Lipinski definition) is 4. The fraction of sp³-hybridized carbons (Fsp3) is 0.158. The summed E-state index contributed by atoms with van der Waals surface area (Å²) in [4.78, 5) is 9.00. The summed E-state index contributed by atoms with van der Waals surface area (Å²) >= 11 is 3.52. The molecule has 0 amide bonds. The third-order valence-electron chi connectivity index (χ3n) is 3.57. The second-order valence-corrected chi connectivity index (χ2v) is 6.52. The Kier molecular flexibility index (Phi) is 5.11. The largest absolute Gasteiger partial charge is 0.366 e. The summed E-state index contributed by atoms with van der Waals surface area (Å²) in [5.74, 6) is 1.38. The van der Waals surface area contributed by atoms with Crippen molar-refractivity contribution in [2.45, 2.75) is 20.4 Å². The predicted octanol–water partition coefficient (Wildman–Crippen LogP) is 5.21. The molecule has 24 heavy (non-hydrogen) atoms. The molecule has 2 aromatic carbocycles. The molecule has 0 atom stereocenters. The second-order valence-electron chi connectivity index (χ2n) is 5.66. The van der Waals surface area contributed by atoms with E-state index in [9.17, 15) is 0 Å². The third-order valence-corrected chi connectivity index (χ3v) is 4.26. The Morgan fingerprint density at radius 1 is 0.958 bits per heavy atom. The van der Waals surface area contributed by atoms with Gasteiger partial charge in [-0.1, -0.05) is 42.0 Å². The van der Waals surface area contributed by atoms with Gasteiger partial charge in [-0.3, -0.25) is 0 Å². The highest BCUT2D eigenvalue weighted by Gasteiger charge is 2.05. The van der Waals surface area contributed by atoms with Gasteiger partial charge in [0.05, 0.1) is 5.69 Å². The van der Waals surface area contributed by atoms with Crippen molar-refractivity contribution in [3.8, 4) is 0 Å². The number of halogens is 1. The van der Waals surface area contributed by atoms with E-state index in [1.54, 1.807) is 0 Å². The number of hydrogen-bond donors (Lipinski definition) is 2. The van der Waals surface area contributed by atoms with Crippen LogP contribution in [-0.4, -0.2) is 9.97 Å². The van der Waals surface area contributed by atoms with Crippen molar-refractivity contribution in [2.24, 2.45) is 0 Å². The normalized spacial score (nSPS) is 10.5. The van der Waals surface area contributed by atoms with E-state index >= 15 is 0 Å². The van der Waals surface area contributed by atoms with Gasteiger partial charge in [0.1, 0.15) is 5.82 Å². The van der Waals surface area contributed by atoms with Gasteiger partial charge in [-0.2, -0.15) is 4.98 Å². The summed E-state index contributed by atoms with van der Waals surface area (Å²) in [6.45, 7) is 4.78. The van der Waals surface area contributed by atoms with Gasteiger partial charge >= 0.3 is 0 Å². The van der Waals surface area contributed by atoms with Gasteiger partial charge < -0.3 is 10.6 Å². The first kappa shape index (κ1) is 16.5. The van der Waals surface area contributed by atoms with Crippen molar-refractivity contribution >= 4 is 33.4 Å². The first-order chi connectivity index (χ1) is 11.6. The molecule has 0 aliphatic heterocycles. The molecular weight excluding hydrogens is 364 g/mol. The average molecular weight is 383 g/mol. The highest BCUT2D eigenvalue weighted by molar-refractivity contribution is 9.10. The number of rotatable bonds is 5. The standard InChI is InChI=1S/C19H19BrN4/c1-13-7-9-15(10-8-13)12-21-18-11-14(2)22-19(24-18)23-17-6-4-3-5-16(17)20/h3-11H,12H2,1-2H3,(H2,21,22,23,24). The molecule has 0 aliphatic carbocycles. The molecule has 3 aromatic rings. The van der Waals surface area contributed by atoms with Crippen molar-refractivity contribution in [1.29, 1.82) is 0 Å². The minimum Gasteiger partial charge on any atom is -0.366 e. The second kappa shape index (κ2) is 7.45. The molecule has 1 aromatic heterocycles. The van der Waals surface area contributed by atoms with E-state index in [4.69, 9.17) is 0 Å². The molecule has 5 heteroatoms. The van der Waals surface area contributed by atoms with Crippen LogP contribution in [-0.2, 0) is 6.54 Å². The van der Waals surface area contributed by atoms with E-state index in [2.05, 4.69) is 67.7 Å². The minimum atomic E-state index is 0.577. The summed E-state index contributed by atoms with van der Waals surface area (Å²) in [6, 6.07) is 18.3. The molecule has 4 nitrogen and oxygen atoms in total. The minimum absolute atomic E-state index is 0.577. The summed E-state index contributed by atoms with van der Waals surface area (Å²) in [6.07, 6.45) is 0. The Balaban J connectivity index is 1.74. The van der Waals surface area contributed by atoms with Gasteiger partial charge in [0.25, 0.3) is 0 Å². The Morgan fingerprint density at radius 3 is 2.46 bits per heavy atom. The average Bonchev–Trinajstić information content (AvgIpc) is 2.56. The first-order valence-electron chi connectivity index (χ1n) is 7.77. The van der Waals surface area contributed by atoms with Crippen LogP contribution in [0.15, 0.2) is 59.1 Å². The smallest absolute Gasteiger partial charge is 0.229 e. The lowest BCUT2D eigenvalue weighted by Gasteiger charge is -2.11. The molecule has 2 N–H and O–H groups in total. The Morgan fingerprint density at radius 2 is 1.71 bits per heavy atom.